The molecule has 0 radical (unpaired) electrons. The summed E-state index contributed by atoms with van der Waals surface area (Å²) in [6.45, 7) is 3.07. The zero-order valence-electron chi connectivity index (χ0n) is 9.02. The minimum absolute atomic E-state index is 0.530. The first-order chi connectivity index (χ1) is 7.19. The summed E-state index contributed by atoms with van der Waals surface area (Å²) in [5.41, 5.74) is 0.532. The van der Waals surface area contributed by atoms with Gasteiger partial charge in [0.15, 0.2) is 0 Å². The number of β-amino-alcohol motifs (C(OH)–C–C–N with tert-alkyl or cyclic N) is 1. The molecule has 1 aliphatic carbocycles. The van der Waals surface area contributed by atoms with Crippen molar-refractivity contribution in [1.29, 1.82) is 0 Å². The fraction of sp³-hybridized carbons (Fsp3) is 0.667. The van der Waals surface area contributed by atoms with Crippen LogP contribution in [-0.4, -0.2) is 28.6 Å². The molecule has 0 aromatic carbocycles. The van der Waals surface area contributed by atoms with Gasteiger partial charge in [-0.25, -0.2) is 0 Å². The van der Waals surface area contributed by atoms with Gasteiger partial charge >= 0.3 is 0 Å². The Morgan fingerprint density at radius 2 is 2.33 bits per heavy atom. The Hall–Kier alpha value is -0.380. The van der Waals surface area contributed by atoms with Crippen molar-refractivity contribution in [1.82, 2.24) is 4.90 Å². The molecule has 1 aromatic rings. The number of hydrogen-bond donors (Lipinski definition) is 1. The van der Waals surface area contributed by atoms with Gasteiger partial charge in [0.05, 0.1) is 0 Å². The molecule has 1 aliphatic heterocycles. The zero-order chi connectivity index (χ0) is 10.5. The van der Waals surface area contributed by atoms with Crippen LogP contribution in [0.3, 0.4) is 0 Å². The third-order valence-corrected chi connectivity index (χ3v) is 4.40. The van der Waals surface area contributed by atoms with E-state index in [4.69, 9.17) is 0 Å². The highest BCUT2D eigenvalue weighted by Crippen LogP contribution is 2.42. The molecule has 1 saturated carbocycles. The van der Waals surface area contributed by atoms with E-state index in [2.05, 4.69) is 28.7 Å². The molecule has 3 rings (SSSR count). The van der Waals surface area contributed by atoms with Gasteiger partial charge in [0.2, 0.25) is 0 Å². The number of rotatable bonds is 2. The third kappa shape index (κ3) is 1.63. The molecule has 2 aliphatic rings. The summed E-state index contributed by atoms with van der Waals surface area (Å²) in [6.07, 6.45) is 3.54. The maximum Gasteiger partial charge on any atom is 0.105 e. The van der Waals surface area contributed by atoms with E-state index in [0.717, 1.165) is 24.6 Å². The van der Waals surface area contributed by atoms with Crippen molar-refractivity contribution in [3.05, 3.63) is 22.4 Å². The van der Waals surface area contributed by atoms with Crippen molar-refractivity contribution < 1.29 is 5.11 Å². The minimum atomic E-state index is -0.581. The van der Waals surface area contributed by atoms with Crippen LogP contribution in [0.4, 0.5) is 0 Å². The Morgan fingerprint density at radius 1 is 1.53 bits per heavy atom. The van der Waals surface area contributed by atoms with Crippen molar-refractivity contribution in [2.24, 2.45) is 0 Å². The van der Waals surface area contributed by atoms with Gasteiger partial charge in [-0.05, 0) is 48.6 Å². The van der Waals surface area contributed by atoms with Gasteiger partial charge in [0, 0.05) is 18.6 Å². The Kier molecular flexibility index (Phi) is 2.16. The molecule has 2 heterocycles. The normalized spacial score (nSPS) is 37.3. The van der Waals surface area contributed by atoms with E-state index >= 15 is 0 Å². The SMILES string of the molecule is CC1CC(O)(c2ccsc2)CN1C1CC1. The van der Waals surface area contributed by atoms with Crippen LogP contribution >= 0.6 is 11.3 Å². The van der Waals surface area contributed by atoms with Crippen LogP contribution in [0, 0.1) is 0 Å². The standard InChI is InChI=1S/C12H17NOS/c1-9-6-12(14,10-4-5-15-7-10)8-13(9)11-2-3-11/h4-5,7,9,11,14H,2-3,6,8H2,1H3. The van der Waals surface area contributed by atoms with E-state index in [1.165, 1.54) is 12.8 Å². The van der Waals surface area contributed by atoms with Gasteiger partial charge in [0.25, 0.3) is 0 Å². The highest BCUT2D eigenvalue weighted by Gasteiger charge is 2.46. The van der Waals surface area contributed by atoms with E-state index in [1.54, 1.807) is 11.3 Å². The molecule has 1 saturated heterocycles. The average molecular weight is 223 g/mol. The maximum absolute atomic E-state index is 10.6. The smallest absolute Gasteiger partial charge is 0.105 e. The lowest BCUT2D eigenvalue weighted by Gasteiger charge is -2.22. The van der Waals surface area contributed by atoms with Gasteiger partial charge < -0.3 is 5.11 Å². The topological polar surface area (TPSA) is 23.5 Å². The number of likely N-dealkylation sites (tertiary alicyclic amines) is 1. The maximum atomic E-state index is 10.6. The molecule has 82 valence electrons. The van der Waals surface area contributed by atoms with Crippen molar-refractivity contribution in [2.45, 2.75) is 43.9 Å². The van der Waals surface area contributed by atoms with Crippen LogP contribution < -0.4 is 0 Å². The molecule has 1 N–H and O–H groups in total. The number of hydrogen-bond acceptors (Lipinski definition) is 3. The lowest BCUT2D eigenvalue weighted by molar-refractivity contribution is 0.0456. The Balaban J connectivity index is 1.83. The Morgan fingerprint density at radius 3 is 2.93 bits per heavy atom. The summed E-state index contributed by atoms with van der Waals surface area (Å²) >= 11 is 1.67. The monoisotopic (exact) mass is 223 g/mol. The Labute approximate surface area is 94.5 Å². The third-order valence-electron chi connectivity index (χ3n) is 3.72. The number of aliphatic hydroxyl groups is 1. The molecular formula is C12H17NOS. The summed E-state index contributed by atoms with van der Waals surface area (Å²) in [4.78, 5) is 2.48. The molecular weight excluding hydrogens is 206 g/mol. The summed E-state index contributed by atoms with van der Waals surface area (Å²) in [5, 5.41) is 14.8. The lowest BCUT2D eigenvalue weighted by Crippen LogP contribution is -2.33. The van der Waals surface area contributed by atoms with Crippen molar-refractivity contribution in [3.63, 3.8) is 0 Å². The summed E-state index contributed by atoms with van der Waals surface area (Å²) in [5.74, 6) is 0. The lowest BCUT2D eigenvalue weighted by atomic mass is 9.94. The molecule has 2 nitrogen and oxygen atoms in total. The van der Waals surface area contributed by atoms with E-state index in [0.29, 0.717) is 6.04 Å². The molecule has 2 fully saturated rings. The van der Waals surface area contributed by atoms with Gasteiger partial charge in [-0.1, -0.05) is 0 Å². The van der Waals surface area contributed by atoms with Gasteiger partial charge in [0.1, 0.15) is 5.60 Å². The predicted molar refractivity (Wildman–Crippen MR) is 62.0 cm³/mol. The highest BCUT2D eigenvalue weighted by atomic mass is 32.1. The second-order valence-corrected chi connectivity index (χ2v) is 5.78. The molecule has 2 unspecified atom stereocenters. The van der Waals surface area contributed by atoms with Crippen LogP contribution in [0.1, 0.15) is 31.7 Å². The van der Waals surface area contributed by atoms with Crippen LogP contribution in [0.5, 0.6) is 0 Å². The summed E-state index contributed by atoms with van der Waals surface area (Å²) in [6, 6.07) is 3.35. The number of nitrogens with zero attached hydrogens (tertiary/aromatic N) is 1. The molecule has 2 atom stereocenters. The van der Waals surface area contributed by atoms with Crippen molar-refractivity contribution in [2.75, 3.05) is 6.54 Å². The second-order valence-electron chi connectivity index (χ2n) is 5.00. The van der Waals surface area contributed by atoms with Gasteiger partial charge in [-0.15, -0.1) is 0 Å². The first-order valence-electron chi connectivity index (χ1n) is 5.70. The molecule has 1 aromatic heterocycles. The molecule has 0 spiro atoms. The van der Waals surface area contributed by atoms with E-state index in [9.17, 15) is 5.11 Å². The average Bonchev–Trinajstić information content (AvgIpc) is 2.77. The molecule has 15 heavy (non-hydrogen) atoms. The molecule has 3 heteroatoms. The zero-order valence-corrected chi connectivity index (χ0v) is 9.83. The fourth-order valence-corrected chi connectivity index (χ4v) is 3.51. The first-order valence-corrected chi connectivity index (χ1v) is 6.64. The highest BCUT2D eigenvalue weighted by molar-refractivity contribution is 7.08. The summed E-state index contributed by atoms with van der Waals surface area (Å²) < 4.78 is 0. The number of thiophene rings is 1. The summed E-state index contributed by atoms with van der Waals surface area (Å²) in [7, 11) is 0. The van der Waals surface area contributed by atoms with Gasteiger partial charge in [-0.3, -0.25) is 4.90 Å². The fourth-order valence-electron chi connectivity index (χ4n) is 2.76. The van der Waals surface area contributed by atoms with E-state index in [1.807, 2.05) is 0 Å². The van der Waals surface area contributed by atoms with Crippen LogP contribution in [-0.2, 0) is 5.60 Å². The first kappa shape index (κ1) is 9.82. The van der Waals surface area contributed by atoms with E-state index in [-0.39, 0.29) is 0 Å². The van der Waals surface area contributed by atoms with Crippen LogP contribution in [0.15, 0.2) is 16.8 Å². The quantitative estimate of drug-likeness (QED) is 0.831. The van der Waals surface area contributed by atoms with Crippen molar-refractivity contribution in [3.8, 4) is 0 Å². The van der Waals surface area contributed by atoms with Crippen LogP contribution in [0.25, 0.3) is 0 Å². The van der Waals surface area contributed by atoms with Crippen LogP contribution in [0.2, 0.25) is 0 Å². The Bertz CT molecular complexity index is 347. The second kappa shape index (κ2) is 3.30. The predicted octanol–water partition coefficient (Wildman–Crippen LogP) is 2.19. The van der Waals surface area contributed by atoms with Crippen molar-refractivity contribution >= 4 is 11.3 Å². The van der Waals surface area contributed by atoms with E-state index < -0.39 is 5.60 Å². The van der Waals surface area contributed by atoms with Gasteiger partial charge in [-0.2, -0.15) is 11.3 Å². The molecule has 0 bridgehead atoms. The largest absolute Gasteiger partial charge is 0.384 e. The molecule has 0 amide bonds. The minimum Gasteiger partial charge on any atom is -0.384 e.